The Morgan fingerprint density at radius 3 is 3.00 bits per heavy atom. The molecule has 1 aromatic heterocycles. The van der Waals surface area contributed by atoms with Crippen LogP contribution in [0.2, 0.25) is 0 Å². The summed E-state index contributed by atoms with van der Waals surface area (Å²) in [5.41, 5.74) is 8.92. The summed E-state index contributed by atoms with van der Waals surface area (Å²) in [6, 6.07) is 6.08. The SMILES string of the molecule is CCc1nc2cc(N)ccc2n1CC1CCCN(C)C1. The van der Waals surface area contributed by atoms with Crippen LogP contribution in [0.15, 0.2) is 18.2 Å². The minimum Gasteiger partial charge on any atom is -0.399 e. The van der Waals surface area contributed by atoms with E-state index in [4.69, 9.17) is 10.7 Å². The molecule has 20 heavy (non-hydrogen) atoms. The molecule has 1 aliphatic heterocycles. The molecule has 1 unspecified atom stereocenters. The first-order valence-electron chi connectivity index (χ1n) is 7.60. The molecule has 4 nitrogen and oxygen atoms in total. The Bertz CT molecular complexity index is 602. The molecule has 0 spiro atoms. The summed E-state index contributed by atoms with van der Waals surface area (Å²) < 4.78 is 2.40. The van der Waals surface area contributed by atoms with E-state index >= 15 is 0 Å². The standard InChI is InChI=1S/C16H24N4/c1-3-16-18-14-9-13(17)6-7-15(14)20(16)11-12-5-4-8-19(2)10-12/h6-7,9,12H,3-5,8,10-11,17H2,1-2H3. The summed E-state index contributed by atoms with van der Waals surface area (Å²) in [5.74, 6) is 1.91. The maximum absolute atomic E-state index is 5.87. The van der Waals surface area contributed by atoms with Gasteiger partial charge in [0.15, 0.2) is 0 Å². The van der Waals surface area contributed by atoms with Gasteiger partial charge in [0, 0.05) is 25.2 Å². The fourth-order valence-corrected chi connectivity index (χ4v) is 3.35. The van der Waals surface area contributed by atoms with Gasteiger partial charge < -0.3 is 15.2 Å². The monoisotopic (exact) mass is 272 g/mol. The molecule has 1 saturated heterocycles. The maximum Gasteiger partial charge on any atom is 0.109 e. The Balaban J connectivity index is 1.93. The largest absolute Gasteiger partial charge is 0.399 e. The van der Waals surface area contributed by atoms with Gasteiger partial charge in [-0.2, -0.15) is 0 Å². The van der Waals surface area contributed by atoms with Crippen molar-refractivity contribution in [2.24, 2.45) is 5.92 Å². The van der Waals surface area contributed by atoms with E-state index < -0.39 is 0 Å². The average Bonchev–Trinajstić information content (AvgIpc) is 2.76. The fourth-order valence-electron chi connectivity index (χ4n) is 3.35. The summed E-state index contributed by atoms with van der Waals surface area (Å²) in [6.07, 6.45) is 3.60. The molecule has 2 aromatic rings. The third-order valence-electron chi connectivity index (χ3n) is 4.33. The molecule has 0 bridgehead atoms. The Labute approximate surface area is 120 Å². The van der Waals surface area contributed by atoms with Crippen LogP contribution in [0.25, 0.3) is 11.0 Å². The molecule has 1 aromatic carbocycles. The van der Waals surface area contributed by atoms with Gasteiger partial charge >= 0.3 is 0 Å². The lowest BCUT2D eigenvalue weighted by atomic mass is 9.98. The van der Waals surface area contributed by atoms with Crippen LogP contribution >= 0.6 is 0 Å². The predicted molar refractivity (Wildman–Crippen MR) is 83.7 cm³/mol. The second kappa shape index (κ2) is 5.44. The maximum atomic E-state index is 5.87. The van der Waals surface area contributed by atoms with E-state index in [1.807, 2.05) is 12.1 Å². The number of nitrogens with two attached hydrogens (primary N) is 1. The Morgan fingerprint density at radius 2 is 2.25 bits per heavy atom. The van der Waals surface area contributed by atoms with Gasteiger partial charge in [-0.15, -0.1) is 0 Å². The number of aromatic nitrogens is 2. The van der Waals surface area contributed by atoms with Gasteiger partial charge in [0.1, 0.15) is 5.82 Å². The first-order chi connectivity index (χ1) is 9.67. The number of anilines is 1. The lowest BCUT2D eigenvalue weighted by Crippen LogP contribution is -2.34. The van der Waals surface area contributed by atoms with E-state index in [-0.39, 0.29) is 0 Å². The van der Waals surface area contributed by atoms with E-state index in [9.17, 15) is 0 Å². The minimum atomic E-state index is 0.731. The van der Waals surface area contributed by atoms with Crippen molar-refractivity contribution in [3.8, 4) is 0 Å². The van der Waals surface area contributed by atoms with Crippen LogP contribution in [0, 0.1) is 5.92 Å². The average molecular weight is 272 g/mol. The summed E-state index contributed by atoms with van der Waals surface area (Å²) in [4.78, 5) is 7.19. The number of nitrogen functional groups attached to an aromatic ring is 1. The number of fused-ring (bicyclic) bond motifs is 1. The van der Waals surface area contributed by atoms with Crippen LogP contribution in [-0.2, 0) is 13.0 Å². The molecule has 3 rings (SSSR count). The summed E-state index contributed by atoms with van der Waals surface area (Å²) in [7, 11) is 2.22. The second-order valence-electron chi connectivity index (χ2n) is 6.01. The van der Waals surface area contributed by atoms with Crippen molar-refractivity contribution < 1.29 is 0 Å². The number of piperidine rings is 1. The molecule has 108 valence electrons. The van der Waals surface area contributed by atoms with E-state index in [0.717, 1.165) is 30.1 Å². The lowest BCUT2D eigenvalue weighted by molar-refractivity contribution is 0.194. The Morgan fingerprint density at radius 1 is 1.40 bits per heavy atom. The van der Waals surface area contributed by atoms with Crippen molar-refractivity contribution in [3.05, 3.63) is 24.0 Å². The van der Waals surface area contributed by atoms with E-state index in [0.29, 0.717) is 0 Å². The van der Waals surface area contributed by atoms with E-state index in [1.165, 1.54) is 37.3 Å². The molecular weight excluding hydrogens is 248 g/mol. The number of likely N-dealkylation sites (tertiary alicyclic amines) is 1. The third kappa shape index (κ3) is 2.52. The fraction of sp³-hybridized carbons (Fsp3) is 0.562. The highest BCUT2D eigenvalue weighted by atomic mass is 15.1. The van der Waals surface area contributed by atoms with Crippen LogP contribution in [0.3, 0.4) is 0 Å². The van der Waals surface area contributed by atoms with Crippen molar-refractivity contribution in [2.45, 2.75) is 32.7 Å². The first kappa shape index (κ1) is 13.4. The van der Waals surface area contributed by atoms with Crippen LogP contribution < -0.4 is 5.73 Å². The number of hydrogen-bond donors (Lipinski definition) is 1. The Hall–Kier alpha value is -1.55. The summed E-state index contributed by atoms with van der Waals surface area (Å²) in [5, 5.41) is 0. The van der Waals surface area contributed by atoms with Crippen LogP contribution in [0.1, 0.15) is 25.6 Å². The van der Waals surface area contributed by atoms with Crippen molar-refractivity contribution in [1.82, 2.24) is 14.5 Å². The number of hydrogen-bond acceptors (Lipinski definition) is 3. The second-order valence-corrected chi connectivity index (χ2v) is 6.01. The molecule has 1 fully saturated rings. The van der Waals surface area contributed by atoms with Gasteiger partial charge in [0.05, 0.1) is 11.0 Å². The summed E-state index contributed by atoms with van der Waals surface area (Å²) >= 11 is 0. The van der Waals surface area contributed by atoms with E-state index in [2.05, 4.69) is 29.5 Å². The van der Waals surface area contributed by atoms with Gasteiger partial charge in [0.25, 0.3) is 0 Å². The molecule has 0 amide bonds. The van der Waals surface area contributed by atoms with Crippen LogP contribution in [-0.4, -0.2) is 34.6 Å². The van der Waals surface area contributed by atoms with Crippen molar-refractivity contribution in [1.29, 1.82) is 0 Å². The molecule has 0 saturated carbocycles. The molecule has 2 heterocycles. The number of benzene rings is 1. The highest BCUT2D eigenvalue weighted by Gasteiger charge is 2.20. The predicted octanol–water partition coefficient (Wildman–Crippen LogP) is 2.52. The van der Waals surface area contributed by atoms with Crippen molar-refractivity contribution in [2.75, 3.05) is 25.9 Å². The molecule has 4 heteroatoms. The van der Waals surface area contributed by atoms with Crippen LogP contribution in [0.5, 0.6) is 0 Å². The Kier molecular flexibility index (Phi) is 3.66. The van der Waals surface area contributed by atoms with Gasteiger partial charge in [-0.1, -0.05) is 6.92 Å². The minimum absolute atomic E-state index is 0.731. The van der Waals surface area contributed by atoms with Gasteiger partial charge in [0.2, 0.25) is 0 Å². The third-order valence-corrected chi connectivity index (χ3v) is 4.33. The molecule has 2 N–H and O–H groups in total. The number of imidazole rings is 1. The number of nitrogens with zero attached hydrogens (tertiary/aromatic N) is 3. The smallest absolute Gasteiger partial charge is 0.109 e. The van der Waals surface area contributed by atoms with Gasteiger partial charge in [-0.05, 0) is 50.6 Å². The summed E-state index contributed by atoms with van der Waals surface area (Å²) in [6.45, 7) is 5.68. The highest BCUT2D eigenvalue weighted by molar-refractivity contribution is 5.79. The quantitative estimate of drug-likeness (QED) is 0.873. The normalized spacial score (nSPS) is 20.6. The molecule has 1 aliphatic rings. The van der Waals surface area contributed by atoms with Crippen LogP contribution in [0.4, 0.5) is 5.69 Å². The lowest BCUT2D eigenvalue weighted by Gasteiger charge is -2.30. The molecule has 0 radical (unpaired) electrons. The zero-order valence-corrected chi connectivity index (χ0v) is 12.5. The van der Waals surface area contributed by atoms with Crippen molar-refractivity contribution >= 4 is 16.7 Å². The topological polar surface area (TPSA) is 47.1 Å². The number of aryl methyl sites for hydroxylation is 1. The van der Waals surface area contributed by atoms with E-state index in [1.54, 1.807) is 0 Å². The molecular formula is C16H24N4. The number of rotatable bonds is 3. The van der Waals surface area contributed by atoms with Gasteiger partial charge in [-0.25, -0.2) is 4.98 Å². The zero-order chi connectivity index (χ0) is 14.1. The first-order valence-corrected chi connectivity index (χ1v) is 7.60. The zero-order valence-electron chi connectivity index (χ0n) is 12.5. The molecule has 0 aliphatic carbocycles. The van der Waals surface area contributed by atoms with Gasteiger partial charge in [-0.3, -0.25) is 0 Å². The molecule has 1 atom stereocenters. The highest BCUT2D eigenvalue weighted by Crippen LogP contribution is 2.24. The van der Waals surface area contributed by atoms with Crippen molar-refractivity contribution in [3.63, 3.8) is 0 Å².